The van der Waals surface area contributed by atoms with Gasteiger partial charge in [0, 0.05) is 5.56 Å². The van der Waals surface area contributed by atoms with Crippen LogP contribution in [-0.4, -0.2) is 32.5 Å². The first-order chi connectivity index (χ1) is 16.0. The molecule has 7 nitrogen and oxygen atoms in total. The summed E-state index contributed by atoms with van der Waals surface area (Å²) in [7, 11) is 0. The van der Waals surface area contributed by atoms with Crippen molar-refractivity contribution in [3.05, 3.63) is 92.7 Å². The maximum absolute atomic E-state index is 13.9. The summed E-state index contributed by atoms with van der Waals surface area (Å²) in [6, 6.07) is 10.4. The summed E-state index contributed by atoms with van der Waals surface area (Å²) in [5.74, 6) is -0.845. The predicted octanol–water partition coefficient (Wildman–Crippen LogP) is 4.33. The van der Waals surface area contributed by atoms with Crippen molar-refractivity contribution in [2.75, 3.05) is 13.2 Å². The molecule has 0 radical (unpaired) electrons. The molecule has 2 aromatic heterocycles. The number of hydrogen-bond donors (Lipinski definition) is 0. The lowest BCUT2D eigenvalue weighted by atomic mass is 10.2. The molecule has 0 amide bonds. The fourth-order valence-corrected chi connectivity index (χ4v) is 4.20. The van der Waals surface area contributed by atoms with Crippen molar-refractivity contribution in [2.24, 2.45) is 0 Å². The van der Waals surface area contributed by atoms with Gasteiger partial charge in [0.25, 0.3) is 0 Å². The highest BCUT2D eigenvalue weighted by Gasteiger charge is 2.15. The van der Waals surface area contributed by atoms with Gasteiger partial charge in [-0.15, -0.1) is 0 Å². The second-order valence-corrected chi connectivity index (χ2v) is 8.46. The van der Waals surface area contributed by atoms with Crippen LogP contribution < -0.4 is 10.4 Å². The minimum absolute atomic E-state index is 0.192. The first-order valence-corrected chi connectivity index (χ1v) is 10.9. The third-order valence-corrected chi connectivity index (χ3v) is 6.07. The molecule has 33 heavy (non-hydrogen) atoms. The standard InChI is InChI=1S/C23H18F2N4O3S/c1-14-22(33-21(27-14)9-15-11-31-12-15)32-17-7-5-16(6-8-17)29-23(30)28(13-26-29)10-18-19(24)3-2-4-20(18)25/h2-9,13H,10-12H2,1H3. The zero-order valence-corrected chi connectivity index (χ0v) is 18.3. The van der Waals surface area contributed by atoms with E-state index in [-0.39, 0.29) is 12.1 Å². The number of hydrogen-bond acceptors (Lipinski definition) is 6. The van der Waals surface area contributed by atoms with Crippen molar-refractivity contribution in [1.29, 1.82) is 0 Å². The number of aromatic nitrogens is 4. The predicted molar refractivity (Wildman–Crippen MR) is 119 cm³/mol. The topological polar surface area (TPSA) is 71.2 Å². The number of thiazole rings is 1. The van der Waals surface area contributed by atoms with E-state index in [0.29, 0.717) is 29.7 Å². The van der Waals surface area contributed by atoms with Crippen LogP contribution in [0.1, 0.15) is 16.3 Å². The largest absolute Gasteiger partial charge is 0.445 e. The summed E-state index contributed by atoms with van der Waals surface area (Å²) < 4.78 is 41.3. The Morgan fingerprint density at radius 2 is 1.88 bits per heavy atom. The van der Waals surface area contributed by atoms with E-state index in [1.807, 2.05) is 13.0 Å². The van der Waals surface area contributed by atoms with Crippen molar-refractivity contribution in [2.45, 2.75) is 13.5 Å². The van der Waals surface area contributed by atoms with Crippen molar-refractivity contribution in [1.82, 2.24) is 19.3 Å². The van der Waals surface area contributed by atoms with Crippen LogP contribution in [0.4, 0.5) is 8.78 Å². The SMILES string of the molecule is Cc1nc(C=C2COC2)sc1Oc1ccc(-n2ncn(Cc3c(F)cccc3F)c2=O)cc1. The van der Waals surface area contributed by atoms with Gasteiger partial charge in [0.15, 0.2) is 0 Å². The van der Waals surface area contributed by atoms with Gasteiger partial charge in [-0.25, -0.2) is 18.6 Å². The fourth-order valence-electron chi connectivity index (χ4n) is 3.27. The summed E-state index contributed by atoms with van der Waals surface area (Å²) in [5.41, 5.74) is 1.77. The van der Waals surface area contributed by atoms with Crippen LogP contribution in [0.2, 0.25) is 0 Å². The Bertz CT molecular complexity index is 1380. The first-order valence-electron chi connectivity index (χ1n) is 10.1. The maximum atomic E-state index is 13.9. The van der Waals surface area contributed by atoms with Crippen molar-refractivity contribution in [3.8, 4) is 16.5 Å². The molecular weight excluding hydrogens is 450 g/mol. The Morgan fingerprint density at radius 1 is 1.15 bits per heavy atom. The average molecular weight is 468 g/mol. The molecule has 0 N–H and O–H groups in total. The zero-order valence-electron chi connectivity index (χ0n) is 17.5. The van der Waals surface area contributed by atoms with E-state index < -0.39 is 17.3 Å². The molecule has 1 saturated heterocycles. The quantitative estimate of drug-likeness (QED) is 0.421. The van der Waals surface area contributed by atoms with E-state index in [0.717, 1.165) is 32.1 Å². The van der Waals surface area contributed by atoms with Crippen molar-refractivity contribution < 1.29 is 18.3 Å². The van der Waals surface area contributed by atoms with Crippen LogP contribution in [-0.2, 0) is 11.3 Å². The highest BCUT2D eigenvalue weighted by Crippen LogP contribution is 2.33. The van der Waals surface area contributed by atoms with E-state index in [1.165, 1.54) is 29.3 Å². The van der Waals surface area contributed by atoms with Gasteiger partial charge in [0.2, 0.25) is 5.06 Å². The molecule has 0 spiro atoms. The molecule has 0 saturated carbocycles. The lowest BCUT2D eigenvalue weighted by Crippen LogP contribution is -2.24. The average Bonchev–Trinajstić information content (AvgIpc) is 3.30. The highest BCUT2D eigenvalue weighted by molar-refractivity contribution is 7.14. The lowest BCUT2D eigenvalue weighted by Gasteiger charge is -2.16. The molecule has 4 aromatic rings. The molecule has 1 aliphatic heterocycles. The van der Waals surface area contributed by atoms with E-state index in [2.05, 4.69) is 10.1 Å². The van der Waals surface area contributed by atoms with Crippen LogP contribution in [0, 0.1) is 18.6 Å². The summed E-state index contributed by atoms with van der Waals surface area (Å²) in [6.07, 6.45) is 3.26. The minimum Gasteiger partial charge on any atom is -0.445 e. The summed E-state index contributed by atoms with van der Waals surface area (Å²) in [4.78, 5) is 17.2. The maximum Gasteiger partial charge on any atom is 0.350 e. The van der Waals surface area contributed by atoms with Crippen LogP contribution in [0.3, 0.4) is 0 Å². The minimum atomic E-state index is -0.713. The van der Waals surface area contributed by atoms with Crippen LogP contribution in [0.15, 0.2) is 59.2 Å². The second kappa shape index (κ2) is 8.72. The van der Waals surface area contributed by atoms with Gasteiger partial charge in [-0.3, -0.25) is 4.57 Å². The third kappa shape index (κ3) is 4.35. The number of aryl methyl sites for hydroxylation is 1. The number of benzene rings is 2. The van der Waals surface area contributed by atoms with Gasteiger partial charge in [0.1, 0.15) is 28.7 Å². The lowest BCUT2D eigenvalue weighted by molar-refractivity contribution is 0.105. The molecule has 0 unspecified atom stereocenters. The zero-order chi connectivity index (χ0) is 22.9. The molecule has 5 rings (SSSR count). The third-order valence-electron chi connectivity index (χ3n) is 5.09. The highest BCUT2D eigenvalue weighted by atomic mass is 32.1. The molecule has 1 fully saturated rings. The van der Waals surface area contributed by atoms with Crippen LogP contribution in [0.25, 0.3) is 11.8 Å². The van der Waals surface area contributed by atoms with Gasteiger partial charge >= 0.3 is 5.69 Å². The Labute approximate surface area is 191 Å². The number of rotatable bonds is 6. The molecule has 0 aliphatic carbocycles. The second-order valence-electron chi connectivity index (χ2n) is 7.47. The van der Waals surface area contributed by atoms with E-state index in [4.69, 9.17) is 9.47 Å². The molecule has 0 atom stereocenters. The van der Waals surface area contributed by atoms with Gasteiger partial charge < -0.3 is 9.47 Å². The Balaban J connectivity index is 1.33. The van der Waals surface area contributed by atoms with E-state index in [9.17, 15) is 13.6 Å². The molecule has 0 bridgehead atoms. The first kappa shape index (κ1) is 21.2. The molecule has 3 heterocycles. The summed E-state index contributed by atoms with van der Waals surface area (Å²) in [5, 5.41) is 5.62. The smallest absolute Gasteiger partial charge is 0.350 e. The molecule has 2 aromatic carbocycles. The Hall–Kier alpha value is -3.63. The monoisotopic (exact) mass is 468 g/mol. The summed E-state index contributed by atoms with van der Waals surface area (Å²) >= 11 is 1.44. The molecule has 168 valence electrons. The molecular formula is C23H18F2N4O3S. The van der Waals surface area contributed by atoms with Gasteiger partial charge in [-0.2, -0.15) is 9.78 Å². The van der Waals surface area contributed by atoms with Crippen molar-refractivity contribution >= 4 is 17.4 Å². The van der Waals surface area contributed by atoms with Gasteiger partial charge in [-0.05, 0) is 55.0 Å². The normalized spacial score (nSPS) is 13.1. The Kier molecular flexibility index (Phi) is 5.61. The number of nitrogens with zero attached hydrogens (tertiary/aromatic N) is 4. The molecule has 10 heteroatoms. The van der Waals surface area contributed by atoms with Gasteiger partial charge in [-0.1, -0.05) is 17.4 Å². The number of halogens is 2. The van der Waals surface area contributed by atoms with Crippen LogP contribution >= 0.6 is 11.3 Å². The van der Waals surface area contributed by atoms with Crippen molar-refractivity contribution in [3.63, 3.8) is 0 Å². The van der Waals surface area contributed by atoms with E-state index >= 15 is 0 Å². The summed E-state index contributed by atoms with van der Waals surface area (Å²) in [6.45, 7) is 2.90. The van der Waals surface area contributed by atoms with E-state index in [1.54, 1.807) is 24.3 Å². The van der Waals surface area contributed by atoms with Crippen LogP contribution in [0.5, 0.6) is 10.8 Å². The van der Waals surface area contributed by atoms with Gasteiger partial charge in [0.05, 0.1) is 31.1 Å². The Morgan fingerprint density at radius 3 is 2.55 bits per heavy atom. The molecule has 1 aliphatic rings. The number of ether oxygens (including phenoxy) is 2. The fraction of sp³-hybridized carbons (Fsp3) is 0.174.